The van der Waals surface area contributed by atoms with Crippen LogP contribution in [-0.4, -0.2) is 35.6 Å². The van der Waals surface area contributed by atoms with Gasteiger partial charge in [0.1, 0.15) is 6.54 Å². The summed E-state index contributed by atoms with van der Waals surface area (Å²) in [6.45, 7) is 1.75. The van der Waals surface area contributed by atoms with Crippen LogP contribution in [0.2, 0.25) is 0 Å². The first-order valence-electron chi connectivity index (χ1n) is 5.86. The Morgan fingerprint density at radius 3 is 2.61 bits per heavy atom. The van der Waals surface area contributed by atoms with Gasteiger partial charge in [0.2, 0.25) is 0 Å². The van der Waals surface area contributed by atoms with E-state index in [1.807, 2.05) is 24.3 Å². The molecule has 0 aliphatic heterocycles. The summed E-state index contributed by atoms with van der Waals surface area (Å²) >= 11 is 0. The van der Waals surface area contributed by atoms with Crippen LogP contribution in [0.1, 0.15) is 18.9 Å². The minimum Gasteiger partial charge on any atom is -0.480 e. The number of carboxylic acid groups (broad SMARTS) is 1. The van der Waals surface area contributed by atoms with Crippen LogP contribution in [0.4, 0.5) is 10.5 Å². The zero-order chi connectivity index (χ0) is 13.5. The molecule has 1 rings (SSSR count). The number of amides is 2. The summed E-state index contributed by atoms with van der Waals surface area (Å²) in [5, 5.41) is 11.3. The van der Waals surface area contributed by atoms with Crippen LogP contribution in [0.5, 0.6) is 0 Å². The van der Waals surface area contributed by atoms with E-state index in [4.69, 9.17) is 5.11 Å². The SMILES string of the molecule is CCCc1ccccc1NC(=O)N(C)CC(=O)O. The van der Waals surface area contributed by atoms with Crippen LogP contribution < -0.4 is 5.32 Å². The van der Waals surface area contributed by atoms with Crippen molar-refractivity contribution < 1.29 is 14.7 Å². The van der Waals surface area contributed by atoms with Gasteiger partial charge in [-0.25, -0.2) is 4.79 Å². The molecule has 0 fully saturated rings. The molecule has 0 heterocycles. The molecule has 5 nitrogen and oxygen atoms in total. The molecular formula is C13H18N2O3. The predicted octanol–water partition coefficient (Wildman–Crippen LogP) is 2.19. The fraction of sp³-hybridized carbons (Fsp3) is 0.385. The minimum absolute atomic E-state index is 0.318. The molecule has 1 aromatic rings. The van der Waals surface area contributed by atoms with Crippen LogP contribution in [0.3, 0.4) is 0 Å². The first-order valence-corrected chi connectivity index (χ1v) is 5.86. The molecule has 0 aliphatic carbocycles. The van der Waals surface area contributed by atoms with Crippen molar-refractivity contribution in [2.75, 3.05) is 18.9 Å². The largest absolute Gasteiger partial charge is 0.480 e. The molecule has 2 N–H and O–H groups in total. The smallest absolute Gasteiger partial charge is 0.323 e. The Bertz CT molecular complexity index is 432. The van der Waals surface area contributed by atoms with Gasteiger partial charge in [-0.3, -0.25) is 4.79 Å². The van der Waals surface area contributed by atoms with Gasteiger partial charge in [-0.05, 0) is 18.1 Å². The average molecular weight is 250 g/mol. The van der Waals surface area contributed by atoms with Crippen molar-refractivity contribution in [3.05, 3.63) is 29.8 Å². The topological polar surface area (TPSA) is 69.6 Å². The highest BCUT2D eigenvalue weighted by Crippen LogP contribution is 2.17. The molecule has 0 aliphatic rings. The summed E-state index contributed by atoms with van der Waals surface area (Å²) in [6.07, 6.45) is 1.86. The Balaban J connectivity index is 2.72. The molecule has 0 saturated heterocycles. The fourth-order valence-electron chi connectivity index (χ4n) is 1.61. The highest BCUT2D eigenvalue weighted by Gasteiger charge is 2.13. The second kappa shape index (κ2) is 6.64. The summed E-state index contributed by atoms with van der Waals surface area (Å²) in [4.78, 5) is 23.4. The quantitative estimate of drug-likeness (QED) is 0.841. The number of aliphatic carboxylic acids is 1. The summed E-state index contributed by atoms with van der Waals surface area (Å²) < 4.78 is 0. The predicted molar refractivity (Wildman–Crippen MR) is 69.7 cm³/mol. The number of carbonyl (C=O) groups is 2. The number of aryl methyl sites for hydroxylation is 1. The number of urea groups is 1. The maximum Gasteiger partial charge on any atom is 0.323 e. The minimum atomic E-state index is -1.03. The van der Waals surface area contributed by atoms with Gasteiger partial charge in [0, 0.05) is 12.7 Å². The molecule has 0 aromatic heterocycles. The fourth-order valence-corrected chi connectivity index (χ4v) is 1.61. The van der Waals surface area contributed by atoms with Crippen molar-refractivity contribution in [2.45, 2.75) is 19.8 Å². The Hall–Kier alpha value is -2.04. The van der Waals surface area contributed by atoms with Crippen LogP contribution in [0.25, 0.3) is 0 Å². The number of para-hydroxylation sites is 1. The number of rotatable bonds is 5. The van der Waals surface area contributed by atoms with Crippen molar-refractivity contribution in [2.24, 2.45) is 0 Å². The molecule has 5 heteroatoms. The Kier molecular flexibility index (Phi) is 5.17. The van der Waals surface area contributed by atoms with Crippen LogP contribution >= 0.6 is 0 Å². The molecule has 1 aromatic carbocycles. The number of anilines is 1. The van der Waals surface area contributed by atoms with E-state index in [1.54, 1.807) is 0 Å². The molecule has 2 amide bonds. The van der Waals surface area contributed by atoms with Gasteiger partial charge in [-0.1, -0.05) is 31.5 Å². The highest BCUT2D eigenvalue weighted by atomic mass is 16.4. The maximum absolute atomic E-state index is 11.8. The Morgan fingerprint density at radius 2 is 2.00 bits per heavy atom. The number of hydrogen-bond acceptors (Lipinski definition) is 2. The van der Waals surface area contributed by atoms with E-state index in [1.165, 1.54) is 7.05 Å². The highest BCUT2D eigenvalue weighted by molar-refractivity contribution is 5.91. The van der Waals surface area contributed by atoms with Gasteiger partial charge in [0.15, 0.2) is 0 Å². The molecule has 0 saturated carbocycles. The van der Waals surface area contributed by atoms with E-state index in [-0.39, 0.29) is 6.54 Å². The average Bonchev–Trinajstić information content (AvgIpc) is 2.31. The molecule has 18 heavy (non-hydrogen) atoms. The second-order valence-corrected chi connectivity index (χ2v) is 4.09. The van der Waals surface area contributed by atoms with E-state index in [9.17, 15) is 9.59 Å². The van der Waals surface area contributed by atoms with Crippen molar-refractivity contribution >= 4 is 17.7 Å². The van der Waals surface area contributed by atoms with Crippen molar-refractivity contribution in [3.63, 3.8) is 0 Å². The molecule has 0 atom stereocenters. The lowest BCUT2D eigenvalue weighted by atomic mass is 10.1. The van der Waals surface area contributed by atoms with Gasteiger partial charge >= 0.3 is 12.0 Å². The normalized spacial score (nSPS) is 9.89. The number of likely N-dealkylation sites (N-methyl/N-ethyl adjacent to an activating group) is 1. The van der Waals surface area contributed by atoms with Gasteiger partial charge in [-0.2, -0.15) is 0 Å². The third kappa shape index (κ3) is 4.08. The zero-order valence-electron chi connectivity index (χ0n) is 10.6. The van der Waals surface area contributed by atoms with Crippen molar-refractivity contribution in [1.82, 2.24) is 4.90 Å². The van der Waals surface area contributed by atoms with Gasteiger partial charge < -0.3 is 15.3 Å². The maximum atomic E-state index is 11.8. The van der Waals surface area contributed by atoms with Crippen LogP contribution in [0.15, 0.2) is 24.3 Å². The van der Waals surface area contributed by atoms with Gasteiger partial charge in [0.25, 0.3) is 0 Å². The Morgan fingerprint density at radius 1 is 1.33 bits per heavy atom. The standard InChI is InChI=1S/C13H18N2O3/c1-3-6-10-7-4-5-8-11(10)14-13(18)15(2)9-12(16)17/h4-5,7-8H,3,6,9H2,1-2H3,(H,14,18)(H,16,17). The number of benzene rings is 1. The van der Waals surface area contributed by atoms with Crippen LogP contribution in [0, 0.1) is 0 Å². The molecule has 0 unspecified atom stereocenters. The van der Waals surface area contributed by atoms with E-state index < -0.39 is 12.0 Å². The van der Waals surface area contributed by atoms with E-state index >= 15 is 0 Å². The first-order chi connectivity index (χ1) is 8.54. The van der Waals surface area contributed by atoms with Crippen LogP contribution in [-0.2, 0) is 11.2 Å². The van der Waals surface area contributed by atoms with E-state index in [0.29, 0.717) is 0 Å². The number of nitrogens with one attached hydrogen (secondary N) is 1. The third-order valence-electron chi connectivity index (χ3n) is 2.50. The van der Waals surface area contributed by atoms with Crippen molar-refractivity contribution in [3.8, 4) is 0 Å². The second-order valence-electron chi connectivity index (χ2n) is 4.09. The lowest BCUT2D eigenvalue weighted by Crippen LogP contribution is -2.35. The zero-order valence-corrected chi connectivity index (χ0v) is 10.6. The summed E-state index contributed by atoms with van der Waals surface area (Å²) in [5.74, 6) is -1.03. The molecule has 0 bridgehead atoms. The Labute approximate surface area is 106 Å². The van der Waals surface area contributed by atoms with E-state index in [0.717, 1.165) is 29.0 Å². The summed E-state index contributed by atoms with van der Waals surface area (Å²) in [5.41, 5.74) is 1.79. The molecule has 98 valence electrons. The summed E-state index contributed by atoms with van der Waals surface area (Å²) in [6, 6.07) is 7.11. The number of carbonyl (C=O) groups excluding carboxylic acids is 1. The van der Waals surface area contributed by atoms with E-state index in [2.05, 4.69) is 12.2 Å². The van der Waals surface area contributed by atoms with Gasteiger partial charge in [0.05, 0.1) is 0 Å². The first kappa shape index (κ1) is 14.0. The van der Waals surface area contributed by atoms with Crippen molar-refractivity contribution in [1.29, 1.82) is 0 Å². The molecule has 0 radical (unpaired) electrons. The lowest BCUT2D eigenvalue weighted by Gasteiger charge is -2.17. The monoisotopic (exact) mass is 250 g/mol. The number of hydrogen-bond donors (Lipinski definition) is 2. The molecular weight excluding hydrogens is 232 g/mol. The molecule has 0 spiro atoms. The number of carboxylic acids is 1. The lowest BCUT2D eigenvalue weighted by molar-refractivity contribution is -0.137. The summed E-state index contributed by atoms with van der Waals surface area (Å²) in [7, 11) is 1.45. The number of nitrogens with zero attached hydrogens (tertiary/aromatic N) is 1. The van der Waals surface area contributed by atoms with Gasteiger partial charge in [-0.15, -0.1) is 0 Å². The third-order valence-corrected chi connectivity index (χ3v) is 2.50.